The fourth-order valence-electron chi connectivity index (χ4n) is 2.37. The lowest BCUT2D eigenvalue weighted by Gasteiger charge is -2.38. The maximum atomic E-state index is 5.71. The second-order valence-corrected chi connectivity index (χ2v) is 5.31. The summed E-state index contributed by atoms with van der Waals surface area (Å²) in [7, 11) is 0. The third-order valence-electron chi connectivity index (χ3n) is 3.74. The first-order valence-electron chi connectivity index (χ1n) is 6.73. The Morgan fingerprint density at radius 1 is 1.32 bits per heavy atom. The van der Waals surface area contributed by atoms with Gasteiger partial charge in [0.05, 0.1) is 0 Å². The number of hydrogen-bond acceptors (Lipinski definition) is 5. The van der Waals surface area contributed by atoms with Gasteiger partial charge in [0.1, 0.15) is 10.7 Å². The van der Waals surface area contributed by atoms with Crippen molar-refractivity contribution in [2.75, 3.05) is 31.1 Å². The Kier molecular flexibility index (Phi) is 4.66. The number of hydrogen-bond donors (Lipinski definition) is 1. The van der Waals surface area contributed by atoms with Crippen LogP contribution in [0.3, 0.4) is 0 Å². The van der Waals surface area contributed by atoms with Crippen LogP contribution in [0.5, 0.6) is 0 Å². The minimum Gasteiger partial charge on any atom is -0.388 e. The van der Waals surface area contributed by atoms with Crippen LogP contribution in [-0.2, 0) is 0 Å². The second-order valence-electron chi connectivity index (χ2n) is 4.87. The maximum absolute atomic E-state index is 5.71. The van der Waals surface area contributed by atoms with Crippen LogP contribution in [0.4, 0.5) is 5.82 Å². The van der Waals surface area contributed by atoms with Gasteiger partial charge >= 0.3 is 0 Å². The predicted octanol–water partition coefficient (Wildman–Crippen LogP) is 1.03. The smallest absolute Gasteiger partial charge is 0.157 e. The van der Waals surface area contributed by atoms with E-state index in [1.54, 1.807) is 12.4 Å². The molecule has 0 spiro atoms. The molecule has 0 bridgehead atoms. The third-order valence-corrected chi connectivity index (χ3v) is 3.93. The van der Waals surface area contributed by atoms with E-state index >= 15 is 0 Å². The summed E-state index contributed by atoms with van der Waals surface area (Å²) in [6, 6.07) is 0.638. The molecule has 1 saturated heterocycles. The number of aromatic nitrogens is 2. The molecule has 2 N–H and O–H groups in total. The first-order valence-corrected chi connectivity index (χ1v) is 7.14. The van der Waals surface area contributed by atoms with Crippen molar-refractivity contribution < 1.29 is 0 Å². The van der Waals surface area contributed by atoms with Crippen molar-refractivity contribution >= 4 is 23.0 Å². The number of nitrogens with two attached hydrogens (primary N) is 1. The zero-order chi connectivity index (χ0) is 13.8. The minimum absolute atomic E-state index is 0.312. The molecule has 19 heavy (non-hydrogen) atoms. The van der Waals surface area contributed by atoms with Crippen molar-refractivity contribution in [2.45, 2.75) is 26.3 Å². The molecule has 1 aromatic heterocycles. The molecule has 1 unspecified atom stereocenters. The summed E-state index contributed by atoms with van der Waals surface area (Å²) >= 11 is 5.04. The maximum Gasteiger partial charge on any atom is 0.157 e. The van der Waals surface area contributed by atoms with Gasteiger partial charge in [0.2, 0.25) is 0 Å². The lowest BCUT2D eigenvalue weighted by atomic mass is 10.2. The summed E-state index contributed by atoms with van der Waals surface area (Å²) in [5.41, 5.74) is 6.34. The van der Waals surface area contributed by atoms with Crippen LogP contribution in [0.1, 0.15) is 26.0 Å². The normalized spacial score (nSPS) is 18.3. The van der Waals surface area contributed by atoms with Crippen molar-refractivity contribution in [2.24, 2.45) is 5.73 Å². The molecule has 5 nitrogen and oxygen atoms in total. The second kappa shape index (κ2) is 6.25. The average molecular weight is 279 g/mol. The van der Waals surface area contributed by atoms with E-state index in [-0.39, 0.29) is 0 Å². The Morgan fingerprint density at radius 2 is 1.95 bits per heavy atom. The van der Waals surface area contributed by atoms with Gasteiger partial charge in [-0.3, -0.25) is 4.90 Å². The zero-order valence-electron chi connectivity index (χ0n) is 11.5. The molecular weight excluding hydrogens is 258 g/mol. The van der Waals surface area contributed by atoms with Crippen molar-refractivity contribution in [3.05, 3.63) is 18.1 Å². The van der Waals surface area contributed by atoms with Gasteiger partial charge in [-0.15, -0.1) is 0 Å². The fourth-order valence-corrected chi connectivity index (χ4v) is 2.51. The number of rotatable bonds is 4. The molecule has 0 radical (unpaired) electrons. The van der Waals surface area contributed by atoms with Crippen LogP contribution in [0.15, 0.2) is 12.4 Å². The molecule has 0 aromatic carbocycles. The molecular formula is C13H21N5S. The quantitative estimate of drug-likeness (QED) is 0.831. The van der Waals surface area contributed by atoms with E-state index in [4.69, 9.17) is 18.0 Å². The molecule has 2 rings (SSSR count). The Labute approximate surface area is 119 Å². The number of thiocarbonyl (C=S) groups is 1. The summed E-state index contributed by atoms with van der Waals surface area (Å²) in [5, 5.41) is 0. The van der Waals surface area contributed by atoms with Crippen LogP contribution in [0.25, 0.3) is 0 Å². The van der Waals surface area contributed by atoms with Gasteiger partial charge in [-0.25, -0.2) is 9.97 Å². The highest BCUT2D eigenvalue weighted by atomic mass is 32.1. The molecule has 1 aromatic rings. The number of piperazine rings is 1. The van der Waals surface area contributed by atoms with Crippen LogP contribution < -0.4 is 10.6 Å². The van der Waals surface area contributed by atoms with Crippen LogP contribution >= 0.6 is 12.2 Å². The van der Waals surface area contributed by atoms with E-state index in [9.17, 15) is 0 Å². The lowest BCUT2D eigenvalue weighted by molar-refractivity contribution is 0.192. The number of nitrogens with zero attached hydrogens (tertiary/aromatic N) is 4. The molecule has 0 saturated carbocycles. The van der Waals surface area contributed by atoms with Gasteiger partial charge in [-0.1, -0.05) is 19.1 Å². The third kappa shape index (κ3) is 3.19. The van der Waals surface area contributed by atoms with Crippen molar-refractivity contribution in [1.29, 1.82) is 0 Å². The van der Waals surface area contributed by atoms with E-state index in [1.165, 1.54) is 6.42 Å². The van der Waals surface area contributed by atoms with E-state index in [1.807, 2.05) is 0 Å². The fraction of sp³-hybridized carbons (Fsp3) is 0.615. The minimum atomic E-state index is 0.312. The van der Waals surface area contributed by atoms with E-state index in [0.717, 1.165) is 32.0 Å². The van der Waals surface area contributed by atoms with Gasteiger partial charge in [-0.2, -0.15) is 0 Å². The molecule has 6 heteroatoms. The topological polar surface area (TPSA) is 58.3 Å². The van der Waals surface area contributed by atoms with Crippen LogP contribution in [0.2, 0.25) is 0 Å². The molecule has 1 aliphatic heterocycles. The summed E-state index contributed by atoms with van der Waals surface area (Å²) in [5.74, 6) is 0.818. The van der Waals surface area contributed by atoms with Gasteiger partial charge in [0, 0.05) is 44.6 Å². The summed E-state index contributed by atoms with van der Waals surface area (Å²) < 4.78 is 0. The summed E-state index contributed by atoms with van der Waals surface area (Å²) in [6.07, 6.45) is 4.51. The Morgan fingerprint density at radius 3 is 2.53 bits per heavy atom. The zero-order valence-corrected chi connectivity index (χ0v) is 12.4. The van der Waals surface area contributed by atoms with E-state index < -0.39 is 0 Å². The molecule has 0 aliphatic carbocycles. The SMILES string of the molecule is CCC(C)N1CCN(c2nccnc2C(N)=S)CC1. The molecule has 2 heterocycles. The predicted molar refractivity (Wildman–Crippen MR) is 81.5 cm³/mol. The molecule has 1 atom stereocenters. The van der Waals surface area contributed by atoms with Crippen LogP contribution in [-0.4, -0.2) is 52.1 Å². The van der Waals surface area contributed by atoms with Gasteiger partial charge in [-0.05, 0) is 13.3 Å². The Balaban J connectivity index is 2.08. The first-order chi connectivity index (χ1) is 9.13. The van der Waals surface area contributed by atoms with Gasteiger partial charge in [0.25, 0.3) is 0 Å². The Hall–Kier alpha value is -1.27. The van der Waals surface area contributed by atoms with Crippen LogP contribution in [0, 0.1) is 0 Å². The van der Waals surface area contributed by atoms with E-state index in [2.05, 4.69) is 33.6 Å². The molecule has 1 fully saturated rings. The van der Waals surface area contributed by atoms with Crippen molar-refractivity contribution in [1.82, 2.24) is 14.9 Å². The number of anilines is 1. The van der Waals surface area contributed by atoms with Crippen molar-refractivity contribution in [3.8, 4) is 0 Å². The van der Waals surface area contributed by atoms with E-state index in [0.29, 0.717) is 16.7 Å². The highest BCUT2D eigenvalue weighted by Crippen LogP contribution is 2.18. The first kappa shape index (κ1) is 14.1. The highest BCUT2D eigenvalue weighted by molar-refractivity contribution is 7.80. The summed E-state index contributed by atoms with van der Waals surface area (Å²) in [6.45, 7) is 8.48. The molecule has 104 valence electrons. The monoisotopic (exact) mass is 279 g/mol. The standard InChI is InChI=1S/C13H21N5S/c1-3-10(2)17-6-8-18(9-7-17)13-11(12(14)19)15-4-5-16-13/h4-5,10H,3,6-9H2,1-2H3,(H2,14,19). The average Bonchev–Trinajstić information content (AvgIpc) is 2.46. The lowest BCUT2D eigenvalue weighted by Crippen LogP contribution is -2.50. The largest absolute Gasteiger partial charge is 0.388 e. The highest BCUT2D eigenvalue weighted by Gasteiger charge is 2.23. The Bertz CT molecular complexity index is 442. The van der Waals surface area contributed by atoms with Gasteiger partial charge in [0.15, 0.2) is 5.82 Å². The molecule has 0 amide bonds. The van der Waals surface area contributed by atoms with Gasteiger partial charge < -0.3 is 10.6 Å². The summed E-state index contributed by atoms with van der Waals surface area (Å²) in [4.78, 5) is 13.7. The van der Waals surface area contributed by atoms with Crippen molar-refractivity contribution in [3.63, 3.8) is 0 Å². The molecule has 1 aliphatic rings.